The number of benzene rings is 2. The molecule has 0 saturated carbocycles. The third-order valence-electron chi connectivity index (χ3n) is 8.47. The highest BCUT2D eigenvalue weighted by Crippen LogP contribution is 2.23. The molecular weight excluding hydrogens is 488 g/mol. The van der Waals surface area contributed by atoms with E-state index in [9.17, 15) is 14.4 Å². The molecule has 2 fully saturated rings. The number of Topliss-reactive ketones (excluding diaryl/α,β-unsaturated/α-hetero) is 2. The van der Waals surface area contributed by atoms with E-state index in [1.165, 1.54) is 64.7 Å². The first-order chi connectivity index (χ1) is 19.1. The lowest BCUT2D eigenvalue weighted by Gasteiger charge is -2.26. The number of carbonyl (C=O) groups excluding carboxylic acids is 2. The summed E-state index contributed by atoms with van der Waals surface area (Å²) in [7, 11) is 0. The molecule has 3 heterocycles. The Morgan fingerprint density at radius 1 is 0.615 bits per heavy atom. The quantitative estimate of drug-likeness (QED) is 0.149. The van der Waals surface area contributed by atoms with E-state index in [-0.39, 0.29) is 17.0 Å². The summed E-state index contributed by atoms with van der Waals surface area (Å²) in [4.78, 5) is 44.2. The zero-order valence-electron chi connectivity index (χ0n) is 23.2. The maximum atomic E-state index is 13.4. The molecule has 0 aliphatic carbocycles. The number of fused-ring (bicyclic) bond motifs is 2. The molecule has 2 saturated heterocycles. The number of unbranched alkanes of at least 4 members (excludes halogenated alkanes) is 2. The molecule has 39 heavy (non-hydrogen) atoms. The molecule has 0 atom stereocenters. The lowest BCUT2D eigenvalue weighted by molar-refractivity contribution is 0.0969. The summed E-state index contributed by atoms with van der Waals surface area (Å²) in [5.41, 5.74) is 1.84. The van der Waals surface area contributed by atoms with Crippen LogP contribution in [0.25, 0.3) is 21.9 Å². The first-order valence-electron chi connectivity index (χ1n) is 15.1. The van der Waals surface area contributed by atoms with E-state index >= 15 is 0 Å². The van der Waals surface area contributed by atoms with Crippen LogP contribution >= 0.6 is 0 Å². The second-order valence-corrected chi connectivity index (χ2v) is 11.4. The second-order valence-electron chi connectivity index (χ2n) is 11.4. The van der Waals surface area contributed by atoms with Gasteiger partial charge in [0.15, 0.2) is 11.6 Å². The molecule has 3 aromatic rings. The Balaban J connectivity index is 1.21. The maximum absolute atomic E-state index is 13.4. The van der Waals surface area contributed by atoms with Gasteiger partial charge in [-0.05, 0) is 127 Å². The van der Waals surface area contributed by atoms with Gasteiger partial charge in [0.1, 0.15) is 11.2 Å². The van der Waals surface area contributed by atoms with Crippen LogP contribution in [-0.2, 0) is 0 Å². The predicted molar refractivity (Wildman–Crippen MR) is 157 cm³/mol. The van der Waals surface area contributed by atoms with Crippen molar-refractivity contribution in [3.05, 3.63) is 57.7 Å². The van der Waals surface area contributed by atoms with Crippen molar-refractivity contribution in [2.45, 2.75) is 77.0 Å². The molecule has 2 aromatic carbocycles. The van der Waals surface area contributed by atoms with Crippen LogP contribution in [0.1, 0.15) is 97.8 Å². The summed E-state index contributed by atoms with van der Waals surface area (Å²) >= 11 is 0. The van der Waals surface area contributed by atoms with Crippen LogP contribution < -0.4 is 5.43 Å². The van der Waals surface area contributed by atoms with E-state index in [1.807, 2.05) is 0 Å². The Bertz CT molecular complexity index is 1250. The van der Waals surface area contributed by atoms with Crippen LogP contribution in [0.5, 0.6) is 0 Å². The summed E-state index contributed by atoms with van der Waals surface area (Å²) in [6, 6.07) is 10.3. The fourth-order valence-electron chi connectivity index (χ4n) is 6.10. The zero-order chi connectivity index (χ0) is 27.0. The lowest BCUT2D eigenvalue weighted by Crippen LogP contribution is -2.30. The molecule has 0 N–H and O–H groups in total. The normalized spacial score (nSPS) is 17.1. The van der Waals surface area contributed by atoms with Gasteiger partial charge in [0.05, 0.1) is 10.8 Å². The van der Waals surface area contributed by atoms with Crippen LogP contribution in [0.15, 0.2) is 45.6 Å². The minimum atomic E-state index is -0.189. The van der Waals surface area contributed by atoms with Crippen molar-refractivity contribution in [2.24, 2.45) is 0 Å². The number of rotatable bonds is 12. The van der Waals surface area contributed by atoms with Crippen LogP contribution in [0.4, 0.5) is 0 Å². The topological polar surface area (TPSA) is 70.8 Å². The SMILES string of the molecule is O=C(CCCCN1CCCCC1)c1ccc2oc3ccc(C(=O)CCCCN4CCCCC4)cc3c(=O)c2c1. The standard InChI is InChI=1S/C33H42N2O4/c36-29(11-3-9-21-34-17-5-1-6-18-34)25-13-15-31-27(23-25)33(38)28-24-26(14-16-32(28)39-31)30(37)12-4-10-22-35-19-7-2-8-20-35/h13-16,23-24H,1-12,17-22H2. The molecule has 1 aromatic heterocycles. The lowest BCUT2D eigenvalue weighted by atomic mass is 10.0. The van der Waals surface area contributed by atoms with E-state index in [1.54, 1.807) is 36.4 Å². The van der Waals surface area contributed by atoms with E-state index in [0.717, 1.165) is 38.8 Å². The Morgan fingerprint density at radius 2 is 1.05 bits per heavy atom. The molecule has 0 amide bonds. The highest BCUT2D eigenvalue weighted by atomic mass is 16.3. The summed E-state index contributed by atoms with van der Waals surface area (Å²) in [6.45, 7) is 6.81. The van der Waals surface area contributed by atoms with E-state index in [0.29, 0.717) is 45.9 Å². The Morgan fingerprint density at radius 3 is 1.49 bits per heavy atom. The van der Waals surface area contributed by atoms with Crippen molar-refractivity contribution in [1.29, 1.82) is 0 Å². The monoisotopic (exact) mass is 530 g/mol. The smallest absolute Gasteiger partial charge is 0.200 e. The first-order valence-corrected chi connectivity index (χ1v) is 15.1. The molecule has 0 spiro atoms. The average Bonchev–Trinajstić information content (AvgIpc) is 2.98. The summed E-state index contributed by atoms with van der Waals surface area (Å²) < 4.78 is 5.99. The number of carbonyl (C=O) groups is 2. The molecular formula is C33H42N2O4. The van der Waals surface area contributed by atoms with Gasteiger partial charge in [-0.3, -0.25) is 14.4 Å². The van der Waals surface area contributed by atoms with Crippen LogP contribution in [0.2, 0.25) is 0 Å². The van der Waals surface area contributed by atoms with Gasteiger partial charge in [0.25, 0.3) is 0 Å². The van der Waals surface area contributed by atoms with Crippen LogP contribution in [0.3, 0.4) is 0 Å². The fourth-order valence-corrected chi connectivity index (χ4v) is 6.10. The molecule has 2 aliphatic rings. The molecule has 208 valence electrons. The van der Waals surface area contributed by atoms with Gasteiger partial charge in [-0.15, -0.1) is 0 Å². The number of ketones is 2. The van der Waals surface area contributed by atoms with Gasteiger partial charge in [0, 0.05) is 24.0 Å². The molecule has 5 rings (SSSR count). The Hall–Kier alpha value is -2.83. The summed E-state index contributed by atoms with van der Waals surface area (Å²) in [6.07, 6.45) is 12.5. The average molecular weight is 531 g/mol. The third-order valence-corrected chi connectivity index (χ3v) is 8.47. The number of nitrogens with zero attached hydrogens (tertiary/aromatic N) is 2. The van der Waals surface area contributed by atoms with Gasteiger partial charge < -0.3 is 14.2 Å². The highest BCUT2D eigenvalue weighted by Gasteiger charge is 2.16. The van der Waals surface area contributed by atoms with Crippen molar-refractivity contribution in [3.8, 4) is 0 Å². The van der Waals surface area contributed by atoms with E-state index in [2.05, 4.69) is 9.80 Å². The van der Waals surface area contributed by atoms with Crippen LogP contribution in [-0.4, -0.2) is 60.6 Å². The number of piperidine rings is 2. The minimum absolute atomic E-state index is 0.0588. The highest BCUT2D eigenvalue weighted by molar-refractivity contribution is 6.02. The van der Waals surface area contributed by atoms with Gasteiger partial charge in [-0.2, -0.15) is 0 Å². The molecule has 0 radical (unpaired) electrons. The Labute approximate surface area is 231 Å². The van der Waals surface area contributed by atoms with Crippen LogP contribution in [0, 0.1) is 0 Å². The van der Waals surface area contributed by atoms with Gasteiger partial charge in [0.2, 0.25) is 5.43 Å². The largest absolute Gasteiger partial charge is 0.456 e. The molecule has 6 heteroatoms. The molecule has 0 unspecified atom stereocenters. The molecule has 2 aliphatic heterocycles. The third kappa shape index (κ3) is 7.23. The number of hydrogen-bond donors (Lipinski definition) is 0. The maximum Gasteiger partial charge on any atom is 0.200 e. The van der Waals surface area contributed by atoms with Crippen molar-refractivity contribution in [2.75, 3.05) is 39.3 Å². The summed E-state index contributed by atoms with van der Waals surface area (Å²) in [5.74, 6) is 0.118. The van der Waals surface area contributed by atoms with Gasteiger partial charge >= 0.3 is 0 Å². The Kier molecular flexibility index (Phi) is 9.59. The van der Waals surface area contributed by atoms with Crippen molar-refractivity contribution in [1.82, 2.24) is 9.80 Å². The van der Waals surface area contributed by atoms with E-state index in [4.69, 9.17) is 4.42 Å². The number of likely N-dealkylation sites (tertiary alicyclic amines) is 2. The van der Waals surface area contributed by atoms with Gasteiger partial charge in [-0.1, -0.05) is 12.8 Å². The predicted octanol–water partition coefficient (Wildman–Crippen LogP) is 6.62. The first kappa shape index (κ1) is 27.7. The zero-order valence-corrected chi connectivity index (χ0v) is 23.2. The van der Waals surface area contributed by atoms with Crippen molar-refractivity contribution in [3.63, 3.8) is 0 Å². The van der Waals surface area contributed by atoms with E-state index < -0.39 is 0 Å². The fraction of sp³-hybridized carbons (Fsp3) is 0.545. The minimum Gasteiger partial charge on any atom is -0.456 e. The molecule has 6 nitrogen and oxygen atoms in total. The second kappa shape index (κ2) is 13.5. The summed E-state index contributed by atoms with van der Waals surface area (Å²) in [5, 5.41) is 0.792. The number of hydrogen-bond acceptors (Lipinski definition) is 6. The molecule has 0 bridgehead atoms. The van der Waals surface area contributed by atoms with Gasteiger partial charge in [-0.25, -0.2) is 0 Å². The van der Waals surface area contributed by atoms with Crippen molar-refractivity contribution >= 4 is 33.5 Å². The van der Waals surface area contributed by atoms with Crippen molar-refractivity contribution < 1.29 is 14.0 Å².